The number of halogens is 2. The van der Waals surface area contributed by atoms with Gasteiger partial charge in [-0.05, 0) is 48.9 Å². The fourth-order valence-corrected chi connectivity index (χ4v) is 5.19. The molecular formula is C20H19ClFN3O4S2. The van der Waals surface area contributed by atoms with Crippen molar-refractivity contribution in [3.8, 4) is 11.1 Å². The van der Waals surface area contributed by atoms with Gasteiger partial charge in [-0.2, -0.15) is 0 Å². The van der Waals surface area contributed by atoms with Crippen LogP contribution in [-0.4, -0.2) is 23.1 Å². The highest BCUT2D eigenvalue weighted by molar-refractivity contribution is 7.92. The number of benzene rings is 3. The molecule has 5 N–H and O–H groups in total. The molecule has 0 radical (unpaired) electrons. The molecule has 0 aromatic heterocycles. The van der Waals surface area contributed by atoms with Crippen LogP contribution in [0.25, 0.3) is 11.1 Å². The number of hydrogen-bond acceptors (Lipinski definition) is 6. The maximum Gasteiger partial charge on any atom is 0.262 e. The molecule has 0 aliphatic carbocycles. The summed E-state index contributed by atoms with van der Waals surface area (Å²) in [5.74, 6) is -0.772. The highest BCUT2D eigenvalue weighted by atomic mass is 35.5. The average molecular weight is 484 g/mol. The minimum absolute atomic E-state index is 0.0400. The lowest BCUT2D eigenvalue weighted by Crippen LogP contribution is -2.15. The molecule has 0 spiro atoms. The Morgan fingerprint density at radius 3 is 2.10 bits per heavy atom. The van der Waals surface area contributed by atoms with Crippen molar-refractivity contribution in [1.29, 1.82) is 0 Å². The molecule has 0 fully saturated rings. The van der Waals surface area contributed by atoms with Crippen LogP contribution in [0.4, 0.5) is 21.5 Å². The highest BCUT2D eigenvalue weighted by Crippen LogP contribution is 2.34. The minimum atomic E-state index is -3.99. The van der Waals surface area contributed by atoms with E-state index in [1.807, 2.05) is 0 Å². The maximum absolute atomic E-state index is 14.5. The van der Waals surface area contributed by atoms with Crippen LogP contribution in [0.3, 0.4) is 0 Å². The highest BCUT2D eigenvalue weighted by Gasteiger charge is 2.20. The van der Waals surface area contributed by atoms with Gasteiger partial charge in [0.1, 0.15) is 5.82 Å². The zero-order valence-corrected chi connectivity index (χ0v) is 18.9. The minimum Gasteiger partial charge on any atom is -0.397 e. The van der Waals surface area contributed by atoms with Gasteiger partial charge in [0.2, 0.25) is 0 Å². The van der Waals surface area contributed by atoms with E-state index < -0.39 is 25.7 Å². The normalized spacial score (nSPS) is 12.0. The number of sulfone groups is 1. The lowest BCUT2D eigenvalue weighted by atomic mass is 10.0. The van der Waals surface area contributed by atoms with E-state index in [1.54, 1.807) is 6.92 Å². The van der Waals surface area contributed by atoms with Gasteiger partial charge in [-0.1, -0.05) is 23.7 Å². The molecule has 0 saturated heterocycles. The van der Waals surface area contributed by atoms with Crippen molar-refractivity contribution < 1.29 is 21.2 Å². The van der Waals surface area contributed by atoms with Crippen molar-refractivity contribution >= 4 is 48.5 Å². The third-order valence-corrected chi connectivity index (χ3v) is 7.50. The Kier molecular flexibility index (Phi) is 5.92. The van der Waals surface area contributed by atoms with Crippen molar-refractivity contribution in [2.24, 2.45) is 0 Å². The second-order valence-electron chi connectivity index (χ2n) is 6.96. The van der Waals surface area contributed by atoms with Gasteiger partial charge >= 0.3 is 0 Å². The molecule has 164 valence electrons. The Morgan fingerprint density at radius 1 is 0.903 bits per heavy atom. The summed E-state index contributed by atoms with van der Waals surface area (Å²) in [5.41, 5.74) is 12.7. The maximum atomic E-state index is 14.5. The van der Waals surface area contributed by atoms with Crippen LogP contribution in [0, 0.1) is 12.7 Å². The van der Waals surface area contributed by atoms with E-state index in [0.717, 1.165) is 12.3 Å². The van der Waals surface area contributed by atoms with Crippen LogP contribution < -0.4 is 16.2 Å². The third-order valence-electron chi connectivity index (χ3n) is 4.55. The molecule has 3 aromatic rings. The molecule has 0 atom stereocenters. The summed E-state index contributed by atoms with van der Waals surface area (Å²) in [5, 5.41) is 0.0692. The Hall–Kier alpha value is -2.82. The van der Waals surface area contributed by atoms with E-state index in [1.165, 1.54) is 42.5 Å². The van der Waals surface area contributed by atoms with Crippen LogP contribution >= 0.6 is 11.6 Å². The van der Waals surface area contributed by atoms with Crippen molar-refractivity contribution in [2.45, 2.75) is 16.7 Å². The van der Waals surface area contributed by atoms with Gasteiger partial charge in [0.05, 0.1) is 31.9 Å². The van der Waals surface area contributed by atoms with Gasteiger partial charge in [0.25, 0.3) is 10.0 Å². The number of anilines is 3. The van der Waals surface area contributed by atoms with Crippen LogP contribution in [0.15, 0.2) is 58.3 Å². The molecule has 0 amide bonds. The molecule has 0 aliphatic heterocycles. The molecular weight excluding hydrogens is 465 g/mol. The molecule has 11 heteroatoms. The fourth-order valence-electron chi connectivity index (χ4n) is 2.97. The summed E-state index contributed by atoms with van der Waals surface area (Å²) in [6.07, 6.45) is 0.978. The van der Waals surface area contributed by atoms with Crippen LogP contribution in [-0.2, 0) is 19.9 Å². The van der Waals surface area contributed by atoms with E-state index in [0.29, 0.717) is 5.56 Å². The number of rotatable bonds is 5. The molecule has 0 unspecified atom stereocenters. The number of nitrogen functional groups attached to an aromatic ring is 2. The van der Waals surface area contributed by atoms with Crippen LogP contribution in [0.2, 0.25) is 5.02 Å². The van der Waals surface area contributed by atoms with Crippen molar-refractivity contribution in [1.82, 2.24) is 0 Å². The Labute approximate surface area is 184 Å². The van der Waals surface area contributed by atoms with Crippen molar-refractivity contribution in [3.05, 3.63) is 64.9 Å². The number of sulfonamides is 1. The quantitative estimate of drug-likeness (QED) is 0.472. The number of nitrogens with two attached hydrogens (primary N) is 2. The van der Waals surface area contributed by atoms with Gasteiger partial charge < -0.3 is 11.5 Å². The van der Waals surface area contributed by atoms with Crippen LogP contribution in [0.5, 0.6) is 0 Å². The Bertz CT molecular complexity index is 1410. The van der Waals surface area contributed by atoms with E-state index in [-0.39, 0.29) is 43.0 Å². The van der Waals surface area contributed by atoms with E-state index in [4.69, 9.17) is 23.1 Å². The monoisotopic (exact) mass is 483 g/mol. The molecule has 0 bridgehead atoms. The van der Waals surface area contributed by atoms with E-state index >= 15 is 0 Å². The van der Waals surface area contributed by atoms with Crippen molar-refractivity contribution in [3.63, 3.8) is 0 Å². The van der Waals surface area contributed by atoms with Gasteiger partial charge in [0, 0.05) is 17.4 Å². The lowest BCUT2D eigenvalue weighted by Gasteiger charge is -2.14. The summed E-state index contributed by atoms with van der Waals surface area (Å²) < 4.78 is 65.6. The average Bonchev–Trinajstić information content (AvgIpc) is 2.64. The molecule has 3 rings (SSSR count). The van der Waals surface area contributed by atoms with Gasteiger partial charge in [-0.25, -0.2) is 21.2 Å². The third kappa shape index (κ3) is 4.76. The predicted molar refractivity (Wildman–Crippen MR) is 121 cm³/mol. The SMILES string of the molecule is Cc1cc(N)c(N)cc1S(=O)(=O)Nc1ccc(-c2ccc(S(C)(=O)=O)cc2F)c(Cl)c1. The topological polar surface area (TPSA) is 132 Å². The smallest absolute Gasteiger partial charge is 0.262 e. The number of nitrogens with one attached hydrogen (secondary N) is 1. The summed E-state index contributed by atoms with van der Waals surface area (Å²) in [4.78, 5) is -0.200. The summed E-state index contributed by atoms with van der Waals surface area (Å²) in [6, 6.07) is 10.4. The van der Waals surface area contributed by atoms with Gasteiger partial charge in [-0.15, -0.1) is 0 Å². The summed E-state index contributed by atoms with van der Waals surface area (Å²) in [7, 11) is -7.56. The Balaban J connectivity index is 1.96. The first-order valence-corrected chi connectivity index (χ1v) is 12.5. The van der Waals surface area contributed by atoms with Gasteiger partial charge in [0.15, 0.2) is 9.84 Å². The molecule has 0 heterocycles. The standard InChI is InChI=1S/C20H19ClFN3O4S2/c1-11-7-18(23)19(24)10-20(11)31(28,29)25-12-3-5-14(16(21)8-12)15-6-4-13(9-17(15)22)30(2,26)27/h3-10,25H,23-24H2,1-2H3. The second-order valence-corrected chi connectivity index (χ2v) is 11.0. The zero-order chi connectivity index (χ0) is 23.1. The lowest BCUT2D eigenvalue weighted by molar-refractivity contribution is 0.596. The summed E-state index contributed by atoms with van der Waals surface area (Å²) >= 11 is 6.26. The van der Waals surface area contributed by atoms with E-state index in [9.17, 15) is 21.2 Å². The molecule has 0 saturated carbocycles. The molecule has 31 heavy (non-hydrogen) atoms. The second kappa shape index (κ2) is 8.03. The fraction of sp³-hybridized carbons (Fsp3) is 0.100. The predicted octanol–water partition coefficient (Wildman–Crippen LogP) is 3.82. The van der Waals surface area contributed by atoms with Crippen molar-refractivity contribution in [2.75, 3.05) is 22.4 Å². The zero-order valence-electron chi connectivity index (χ0n) is 16.5. The molecule has 0 aliphatic rings. The molecule has 3 aromatic carbocycles. The first kappa shape index (κ1) is 22.9. The largest absolute Gasteiger partial charge is 0.397 e. The first-order chi connectivity index (χ1) is 14.3. The Morgan fingerprint density at radius 2 is 1.52 bits per heavy atom. The number of hydrogen-bond donors (Lipinski definition) is 3. The van der Waals surface area contributed by atoms with Crippen LogP contribution in [0.1, 0.15) is 5.56 Å². The molecule has 7 nitrogen and oxygen atoms in total. The summed E-state index contributed by atoms with van der Waals surface area (Å²) in [6.45, 7) is 1.59. The number of aryl methyl sites for hydroxylation is 1. The van der Waals surface area contributed by atoms with E-state index in [2.05, 4.69) is 4.72 Å². The van der Waals surface area contributed by atoms with Gasteiger partial charge in [-0.3, -0.25) is 4.72 Å². The first-order valence-electron chi connectivity index (χ1n) is 8.77.